The molecule has 4 aromatic rings. The molecule has 0 saturated carbocycles. The zero-order valence-electron chi connectivity index (χ0n) is 14.2. The molecule has 0 aliphatic rings. The van der Waals surface area contributed by atoms with E-state index in [4.69, 9.17) is 0 Å². The second-order valence-corrected chi connectivity index (χ2v) is 6.69. The predicted octanol–water partition coefficient (Wildman–Crippen LogP) is 5.39. The van der Waals surface area contributed by atoms with Crippen molar-refractivity contribution in [2.24, 2.45) is 0 Å². The molecule has 0 aliphatic carbocycles. The first-order valence-electron chi connectivity index (χ1n) is 8.35. The fraction of sp³-hybridized carbons (Fsp3) is 0. The zero-order chi connectivity index (χ0) is 18.6. The van der Waals surface area contributed by atoms with Gasteiger partial charge in [0.25, 0.3) is 5.91 Å². The van der Waals surface area contributed by atoms with Crippen LogP contribution in [0.15, 0.2) is 83.3 Å². The van der Waals surface area contributed by atoms with Crippen LogP contribution in [0, 0.1) is 0 Å². The van der Waals surface area contributed by atoms with Gasteiger partial charge in [-0.15, -0.1) is 0 Å². The van der Waals surface area contributed by atoms with Gasteiger partial charge in [-0.05, 0) is 52.3 Å². The number of carbonyl (C=O) groups is 1. The van der Waals surface area contributed by atoms with Crippen LogP contribution in [0.1, 0.15) is 10.6 Å². The van der Waals surface area contributed by atoms with Crippen molar-refractivity contribution in [1.82, 2.24) is 9.97 Å². The van der Waals surface area contributed by atoms with Gasteiger partial charge < -0.3 is 10.6 Å². The maximum absolute atomic E-state index is 12.7. The summed E-state index contributed by atoms with van der Waals surface area (Å²) in [6.07, 6.45) is 0. The smallest absolute Gasteiger partial charge is 0.293 e. The third-order valence-corrected chi connectivity index (χ3v) is 4.66. The molecule has 132 valence electrons. The Bertz CT molecular complexity index is 1120. The van der Waals surface area contributed by atoms with E-state index in [-0.39, 0.29) is 11.7 Å². The van der Waals surface area contributed by atoms with Gasteiger partial charge in [0, 0.05) is 15.5 Å². The van der Waals surface area contributed by atoms with E-state index in [1.807, 2.05) is 78.9 Å². The number of hydrogen-bond donors (Lipinski definition) is 2. The molecule has 5 nitrogen and oxygen atoms in total. The minimum Gasteiger partial charge on any atom is -0.340 e. The summed E-state index contributed by atoms with van der Waals surface area (Å²) in [5.41, 5.74) is 2.25. The highest BCUT2D eigenvalue weighted by atomic mass is 79.9. The molecule has 3 aromatic carbocycles. The zero-order valence-corrected chi connectivity index (χ0v) is 15.8. The molecular formula is C21H15BrN4O. The maximum Gasteiger partial charge on any atom is 0.293 e. The first-order valence-corrected chi connectivity index (χ1v) is 9.15. The van der Waals surface area contributed by atoms with Crippen LogP contribution in [-0.2, 0) is 0 Å². The van der Waals surface area contributed by atoms with Gasteiger partial charge in [0.2, 0.25) is 5.82 Å². The molecule has 0 aliphatic heterocycles. The molecule has 6 heteroatoms. The summed E-state index contributed by atoms with van der Waals surface area (Å²) in [6.45, 7) is 0. The molecule has 4 rings (SSSR count). The van der Waals surface area contributed by atoms with Gasteiger partial charge in [0.15, 0.2) is 0 Å². The number of benzene rings is 3. The van der Waals surface area contributed by atoms with E-state index in [1.54, 1.807) is 0 Å². The van der Waals surface area contributed by atoms with E-state index < -0.39 is 0 Å². The van der Waals surface area contributed by atoms with Crippen molar-refractivity contribution in [1.29, 1.82) is 0 Å². The fourth-order valence-electron chi connectivity index (χ4n) is 2.67. The highest BCUT2D eigenvalue weighted by molar-refractivity contribution is 9.10. The maximum atomic E-state index is 12.7. The lowest BCUT2D eigenvalue weighted by molar-refractivity contribution is 0.101. The molecule has 1 heterocycles. The molecule has 0 bridgehead atoms. The minimum atomic E-state index is -0.372. The Kier molecular flexibility index (Phi) is 4.80. The van der Waals surface area contributed by atoms with Crippen molar-refractivity contribution in [2.45, 2.75) is 0 Å². The molecular weight excluding hydrogens is 404 g/mol. The van der Waals surface area contributed by atoms with Crippen molar-refractivity contribution >= 4 is 49.9 Å². The lowest BCUT2D eigenvalue weighted by Gasteiger charge is -2.11. The first kappa shape index (κ1) is 17.2. The van der Waals surface area contributed by atoms with Crippen molar-refractivity contribution in [3.05, 3.63) is 89.2 Å². The first-order chi connectivity index (χ1) is 13.2. The van der Waals surface area contributed by atoms with E-state index >= 15 is 0 Å². The average molecular weight is 419 g/mol. The van der Waals surface area contributed by atoms with Gasteiger partial charge >= 0.3 is 0 Å². The van der Waals surface area contributed by atoms with E-state index in [9.17, 15) is 4.79 Å². The second-order valence-electron chi connectivity index (χ2n) is 5.84. The number of amides is 1. The van der Waals surface area contributed by atoms with Crippen molar-refractivity contribution in [2.75, 3.05) is 10.6 Å². The Hall–Kier alpha value is -3.25. The predicted molar refractivity (Wildman–Crippen MR) is 111 cm³/mol. The molecule has 2 N–H and O–H groups in total. The molecule has 0 unspecified atom stereocenters. The molecule has 0 saturated heterocycles. The van der Waals surface area contributed by atoms with Crippen LogP contribution >= 0.6 is 15.9 Å². The highest BCUT2D eigenvalue weighted by Gasteiger charge is 2.15. The van der Waals surface area contributed by atoms with Gasteiger partial charge in [0.1, 0.15) is 5.82 Å². The Labute approximate surface area is 164 Å². The van der Waals surface area contributed by atoms with Crippen LogP contribution in [-0.4, -0.2) is 15.9 Å². The number of halogens is 1. The Morgan fingerprint density at radius 2 is 1.52 bits per heavy atom. The number of fused-ring (bicyclic) bond motifs is 1. The quantitative estimate of drug-likeness (QED) is 0.466. The molecule has 1 amide bonds. The number of anilines is 3. The largest absolute Gasteiger partial charge is 0.340 e. The number of nitrogens with one attached hydrogen (secondary N) is 2. The van der Waals surface area contributed by atoms with Crippen LogP contribution < -0.4 is 10.6 Å². The molecule has 1 aromatic heterocycles. The standard InChI is InChI=1S/C21H15BrN4O/c22-16-11-5-7-13-18(16)25-21(27)20-24-17-12-6-4-10-15(17)19(26-20)23-14-8-2-1-3-9-14/h1-13H,(H,25,27)(H,23,24,26). The van der Waals surface area contributed by atoms with Gasteiger partial charge in [-0.1, -0.05) is 42.5 Å². The summed E-state index contributed by atoms with van der Waals surface area (Å²) in [5.74, 6) is 0.315. The van der Waals surface area contributed by atoms with Gasteiger partial charge in [-0.3, -0.25) is 4.79 Å². The van der Waals surface area contributed by atoms with E-state index in [0.717, 1.165) is 15.5 Å². The van der Waals surface area contributed by atoms with E-state index in [0.29, 0.717) is 17.0 Å². The topological polar surface area (TPSA) is 66.9 Å². The molecule has 0 radical (unpaired) electrons. The van der Waals surface area contributed by atoms with Gasteiger partial charge in [-0.25, -0.2) is 9.97 Å². The number of aromatic nitrogens is 2. The Morgan fingerprint density at radius 3 is 2.33 bits per heavy atom. The summed E-state index contributed by atoms with van der Waals surface area (Å²) in [4.78, 5) is 21.6. The van der Waals surface area contributed by atoms with Crippen molar-refractivity contribution in [3.8, 4) is 0 Å². The monoisotopic (exact) mass is 418 g/mol. The van der Waals surface area contributed by atoms with Crippen LogP contribution in [0.4, 0.5) is 17.2 Å². The van der Waals surface area contributed by atoms with Crippen molar-refractivity contribution < 1.29 is 4.79 Å². The van der Waals surface area contributed by atoms with Crippen LogP contribution in [0.3, 0.4) is 0 Å². The summed E-state index contributed by atoms with van der Waals surface area (Å²) < 4.78 is 0.793. The normalized spacial score (nSPS) is 10.6. The summed E-state index contributed by atoms with van der Waals surface area (Å²) >= 11 is 3.43. The van der Waals surface area contributed by atoms with E-state index in [1.165, 1.54) is 0 Å². The van der Waals surface area contributed by atoms with Gasteiger partial charge in [-0.2, -0.15) is 0 Å². The number of carbonyl (C=O) groups excluding carboxylic acids is 1. The van der Waals surface area contributed by atoms with Crippen molar-refractivity contribution in [3.63, 3.8) is 0 Å². The fourth-order valence-corrected chi connectivity index (χ4v) is 3.06. The lowest BCUT2D eigenvalue weighted by atomic mass is 10.2. The average Bonchev–Trinajstić information content (AvgIpc) is 2.70. The SMILES string of the molecule is O=C(Nc1ccccc1Br)c1nc(Nc2ccccc2)c2ccccc2n1. The molecule has 0 atom stereocenters. The second kappa shape index (κ2) is 7.55. The molecule has 0 spiro atoms. The van der Waals surface area contributed by atoms with E-state index in [2.05, 4.69) is 36.5 Å². The van der Waals surface area contributed by atoms with Gasteiger partial charge in [0.05, 0.1) is 11.2 Å². The Balaban J connectivity index is 1.73. The third kappa shape index (κ3) is 3.80. The molecule has 0 fully saturated rings. The van der Waals surface area contributed by atoms with Crippen LogP contribution in [0.25, 0.3) is 10.9 Å². The summed E-state index contributed by atoms with van der Waals surface area (Å²) in [6, 6.07) is 24.7. The highest BCUT2D eigenvalue weighted by Crippen LogP contribution is 2.25. The number of nitrogens with zero attached hydrogens (tertiary/aromatic N) is 2. The van der Waals surface area contributed by atoms with Crippen LogP contribution in [0.2, 0.25) is 0 Å². The number of hydrogen-bond acceptors (Lipinski definition) is 4. The Morgan fingerprint density at radius 1 is 0.815 bits per heavy atom. The number of para-hydroxylation sites is 3. The van der Waals surface area contributed by atoms with Crippen LogP contribution in [0.5, 0.6) is 0 Å². The minimum absolute atomic E-state index is 0.0999. The summed E-state index contributed by atoms with van der Waals surface area (Å²) in [7, 11) is 0. The summed E-state index contributed by atoms with van der Waals surface area (Å²) in [5, 5.41) is 6.97. The number of rotatable bonds is 4. The third-order valence-electron chi connectivity index (χ3n) is 3.96. The molecule has 27 heavy (non-hydrogen) atoms. The lowest BCUT2D eigenvalue weighted by Crippen LogP contribution is -2.17.